The Kier molecular flexibility index (Phi) is 10.4. The zero-order chi connectivity index (χ0) is 21.9. The molecule has 1 aliphatic rings. The molecule has 0 amide bonds. The van der Waals surface area contributed by atoms with Crippen molar-refractivity contribution in [3.05, 3.63) is 35.5 Å². The van der Waals surface area contributed by atoms with Crippen molar-refractivity contribution in [2.45, 2.75) is 82.9 Å². The Balaban J connectivity index is 2.78. The van der Waals surface area contributed by atoms with E-state index in [1.807, 2.05) is 0 Å². The Morgan fingerprint density at radius 3 is 2.41 bits per heavy atom. The van der Waals surface area contributed by atoms with E-state index < -0.39 is 23.1 Å². The van der Waals surface area contributed by atoms with E-state index in [0.29, 0.717) is 38.2 Å². The molecule has 164 valence electrons. The smallest absolute Gasteiger partial charge is 0.419 e. The minimum Gasteiger partial charge on any atom is -0.469 e. The number of hydrogen-bond acceptors (Lipinski definition) is 4. The molecular formula is C22H31F3O4. The van der Waals surface area contributed by atoms with Gasteiger partial charge in [-0.2, -0.15) is 13.2 Å². The fourth-order valence-electron chi connectivity index (χ4n) is 3.19. The third kappa shape index (κ3) is 8.17. The average Bonchev–Trinajstić information content (AvgIpc) is 2.92. The highest BCUT2D eigenvalue weighted by Crippen LogP contribution is 2.40. The predicted octanol–water partition coefficient (Wildman–Crippen LogP) is 5.37. The highest BCUT2D eigenvalue weighted by molar-refractivity contribution is 6.14. The number of rotatable bonds is 12. The van der Waals surface area contributed by atoms with Crippen molar-refractivity contribution < 1.29 is 32.6 Å². The number of carbonyl (C=O) groups excluding carboxylic acids is 2. The van der Waals surface area contributed by atoms with Gasteiger partial charge in [0.25, 0.3) is 0 Å². The summed E-state index contributed by atoms with van der Waals surface area (Å²) in [6.45, 7) is 2.08. The van der Waals surface area contributed by atoms with Crippen LogP contribution in [0.5, 0.6) is 0 Å². The Morgan fingerprint density at radius 1 is 1.14 bits per heavy atom. The zero-order valence-electron chi connectivity index (χ0n) is 17.2. The molecule has 0 aromatic carbocycles. The summed E-state index contributed by atoms with van der Waals surface area (Å²) in [5.41, 5.74) is -3.60. The van der Waals surface area contributed by atoms with Crippen LogP contribution in [0, 0.1) is 0 Å². The molecule has 0 aromatic rings. The number of esters is 1. The second-order valence-electron chi connectivity index (χ2n) is 7.26. The second-order valence-corrected chi connectivity index (χ2v) is 7.26. The molecule has 7 heteroatoms. The highest BCUT2D eigenvalue weighted by Gasteiger charge is 2.50. The maximum atomic E-state index is 13.2. The lowest BCUT2D eigenvalue weighted by molar-refractivity contribution is -0.140. The number of ketones is 1. The summed E-state index contributed by atoms with van der Waals surface area (Å²) in [7, 11) is 1.31. The number of methoxy groups -OCH3 is 1. The lowest BCUT2D eigenvalue weighted by atomic mass is 9.93. The quantitative estimate of drug-likeness (QED) is 0.201. The standard InChI is InChI=1S/C22H31F3O4/c1-3-4-5-6-9-12-15-21(28)16-18(22(23,24)25)20(27)17(21)13-10-7-8-11-14-19(26)29-2/h12-13,15-16,28H,3-11,14H2,1-2H3/b15-12+,17-13-/t21-/m1/s1. The van der Waals surface area contributed by atoms with Crippen LogP contribution in [-0.2, 0) is 14.3 Å². The number of hydrogen-bond donors (Lipinski definition) is 1. The van der Waals surface area contributed by atoms with Crippen molar-refractivity contribution in [2.24, 2.45) is 0 Å². The first-order valence-electron chi connectivity index (χ1n) is 10.2. The van der Waals surface area contributed by atoms with E-state index in [4.69, 9.17) is 0 Å². The minimum absolute atomic E-state index is 0.248. The predicted molar refractivity (Wildman–Crippen MR) is 105 cm³/mol. The molecule has 0 radical (unpaired) electrons. The van der Waals surface area contributed by atoms with Gasteiger partial charge >= 0.3 is 12.1 Å². The lowest BCUT2D eigenvalue weighted by Gasteiger charge is -2.18. The minimum atomic E-state index is -4.81. The Hall–Kier alpha value is -1.89. The molecule has 1 aliphatic carbocycles. The van der Waals surface area contributed by atoms with E-state index in [0.717, 1.165) is 25.7 Å². The third-order valence-electron chi connectivity index (χ3n) is 4.85. The summed E-state index contributed by atoms with van der Waals surface area (Å²) in [5, 5.41) is 10.8. The summed E-state index contributed by atoms with van der Waals surface area (Å²) >= 11 is 0. The molecule has 1 N–H and O–H groups in total. The van der Waals surface area contributed by atoms with E-state index in [1.54, 1.807) is 6.08 Å². The normalized spacial score (nSPS) is 21.2. The molecule has 1 rings (SSSR count). The van der Waals surface area contributed by atoms with Gasteiger partial charge in [0, 0.05) is 12.0 Å². The maximum Gasteiger partial charge on any atom is 0.419 e. The number of halogens is 3. The number of alkyl halides is 3. The molecule has 0 aliphatic heterocycles. The number of carbonyl (C=O) groups is 2. The van der Waals surface area contributed by atoms with Gasteiger partial charge in [-0.15, -0.1) is 0 Å². The second kappa shape index (κ2) is 12.0. The van der Waals surface area contributed by atoms with Crippen LogP contribution in [0.3, 0.4) is 0 Å². The zero-order valence-corrected chi connectivity index (χ0v) is 17.2. The Morgan fingerprint density at radius 2 is 1.79 bits per heavy atom. The fraction of sp³-hybridized carbons (Fsp3) is 0.636. The van der Waals surface area contributed by atoms with Crippen molar-refractivity contribution in [3.63, 3.8) is 0 Å². The topological polar surface area (TPSA) is 63.6 Å². The van der Waals surface area contributed by atoms with Gasteiger partial charge in [0.15, 0.2) is 5.78 Å². The summed E-state index contributed by atoms with van der Waals surface area (Å²) in [6.07, 6.45) is 7.26. The SMILES string of the molecule is CCCCCC/C=C/[C@@]1(O)C=C(C(F)(F)F)C(=O)/C1=C/CCCCCC(=O)OC. The number of aliphatic hydroxyl groups is 1. The Labute approximate surface area is 170 Å². The van der Waals surface area contributed by atoms with Crippen LogP contribution >= 0.6 is 0 Å². The average molecular weight is 416 g/mol. The van der Waals surface area contributed by atoms with Crippen LogP contribution in [0.15, 0.2) is 35.5 Å². The summed E-state index contributed by atoms with van der Waals surface area (Å²) in [4.78, 5) is 23.3. The number of ether oxygens (including phenoxy) is 1. The van der Waals surface area contributed by atoms with Crippen molar-refractivity contribution in [3.8, 4) is 0 Å². The monoisotopic (exact) mass is 416 g/mol. The molecule has 0 heterocycles. The van der Waals surface area contributed by atoms with Crippen LogP contribution in [0.1, 0.15) is 71.1 Å². The van der Waals surface area contributed by atoms with Crippen LogP contribution in [0.4, 0.5) is 13.2 Å². The number of Topliss-reactive ketones (excluding diaryl/α,β-unsaturated/α-hetero) is 1. The van der Waals surface area contributed by atoms with E-state index in [1.165, 1.54) is 19.3 Å². The molecule has 4 nitrogen and oxygen atoms in total. The fourth-order valence-corrected chi connectivity index (χ4v) is 3.19. The Bertz CT molecular complexity index is 647. The highest BCUT2D eigenvalue weighted by atomic mass is 19.4. The van der Waals surface area contributed by atoms with Gasteiger partial charge < -0.3 is 9.84 Å². The molecule has 0 saturated carbocycles. The maximum absolute atomic E-state index is 13.2. The van der Waals surface area contributed by atoms with Gasteiger partial charge in [0.05, 0.1) is 7.11 Å². The van der Waals surface area contributed by atoms with Crippen LogP contribution < -0.4 is 0 Å². The van der Waals surface area contributed by atoms with Crippen molar-refractivity contribution in [1.82, 2.24) is 0 Å². The van der Waals surface area contributed by atoms with E-state index in [2.05, 4.69) is 11.7 Å². The largest absolute Gasteiger partial charge is 0.469 e. The van der Waals surface area contributed by atoms with Crippen molar-refractivity contribution in [1.29, 1.82) is 0 Å². The lowest BCUT2D eigenvalue weighted by Crippen LogP contribution is -2.25. The summed E-state index contributed by atoms with van der Waals surface area (Å²) < 4.78 is 44.0. The molecule has 0 fully saturated rings. The van der Waals surface area contributed by atoms with Gasteiger partial charge in [0.2, 0.25) is 0 Å². The van der Waals surface area contributed by atoms with Gasteiger partial charge in [-0.25, -0.2) is 0 Å². The van der Waals surface area contributed by atoms with Crippen LogP contribution in [0.25, 0.3) is 0 Å². The van der Waals surface area contributed by atoms with Crippen molar-refractivity contribution >= 4 is 11.8 Å². The first kappa shape index (κ1) is 25.1. The third-order valence-corrected chi connectivity index (χ3v) is 4.85. The summed E-state index contributed by atoms with van der Waals surface area (Å²) in [6, 6.07) is 0. The molecule has 0 aromatic heterocycles. The first-order chi connectivity index (χ1) is 13.7. The van der Waals surface area contributed by atoms with Crippen LogP contribution in [-0.4, -0.2) is 35.7 Å². The summed E-state index contributed by atoms with van der Waals surface area (Å²) in [5.74, 6) is -1.49. The van der Waals surface area contributed by atoms with E-state index in [9.17, 15) is 27.9 Å². The van der Waals surface area contributed by atoms with E-state index >= 15 is 0 Å². The van der Waals surface area contributed by atoms with Crippen molar-refractivity contribution in [2.75, 3.05) is 7.11 Å². The van der Waals surface area contributed by atoms with Gasteiger partial charge in [-0.05, 0) is 44.3 Å². The molecular weight excluding hydrogens is 385 g/mol. The van der Waals surface area contributed by atoms with Gasteiger partial charge in [0.1, 0.15) is 11.2 Å². The number of allylic oxidation sites excluding steroid dienone is 3. The molecule has 0 saturated heterocycles. The van der Waals surface area contributed by atoms with Gasteiger partial charge in [-0.3, -0.25) is 9.59 Å². The molecule has 0 unspecified atom stereocenters. The molecule has 29 heavy (non-hydrogen) atoms. The molecule has 1 atom stereocenters. The van der Waals surface area contributed by atoms with Gasteiger partial charge in [-0.1, -0.05) is 44.8 Å². The first-order valence-corrected chi connectivity index (χ1v) is 10.2. The molecule has 0 spiro atoms. The van der Waals surface area contributed by atoms with Crippen LogP contribution in [0.2, 0.25) is 0 Å². The molecule has 0 bridgehead atoms. The number of unbranched alkanes of at least 4 members (excludes halogenated alkanes) is 7. The van der Waals surface area contributed by atoms with E-state index in [-0.39, 0.29) is 18.0 Å².